The van der Waals surface area contributed by atoms with E-state index in [0.29, 0.717) is 41.9 Å². The van der Waals surface area contributed by atoms with E-state index in [1.54, 1.807) is 17.4 Å². The SMILES string of the molecule is CCN(CC)C(=O)c1csc(-c2ccc(OCc3ccccc3Cl)c(OC)c2)n1. The minimum absolute atomic E-state index is 0.0517. The van der Waals surface area contributed by atoms with Crippen molar-refractivity contribution in [1.82, 2.24) is 9.88 Å². The van der Waals surface area contributed by atoms with Crippen molar-refractivity contribution in [2.45, 2.75) is 20.5 Å². The average Bonchev–Trinajstić information content (AvgIpc) is 3.24. The summed E-state index contributed by atoms with van der Waals surface area (Å²) in [5.41, 5.74) is 2.24. The fourth-order valence-corrected chi connectivity index (χ4v) is 3.85. The maximum absolute atomic E-state index is 12.5. The number of thiazole rings is 1. The van der Waals surface area contributed by atoms with Gasteiger partial charge in [-0.25, -0.2) is 4.98 Å². The van der Waals surface area contributed by atoms with Crippen LogP contribution < -0.4 is 9.47 Å². The zero-order valence-corrected chi connectivity index (χ0v) is 18.2. The Morgan fingerprint density at radius 2 is 1.90 bits per heavy atom. The topological polar surface area (TPSA) is 51.7 Å². The summed E-state index contributed by atoms with van der Waals surface area (Å²) in [7, 11) is 1.60. The molecule has 152 valence electrons. The monoisotopic (exact) mass is 430 g/mol. The largest absolute Gasteiger partial charge is 0.493 e. The number of ether oxygens (including phenoxy) is 2. The van der Waals surface area contributed by atoms with Gasteiger partial charge < -0.3 is 14.4 Å². The summed E-state index contributed by atoms with van der Waals surface area (Å²) in [5.74, 6) is 1.16. The van der Waals surface area contributed by atoms with Crippen LogP contribution in [-0.2, 0) is 6.61 Å². The third-order valence-corrected chi connectivity index (χ3v) is 5.79. The predicted molar refractivity (Wildman–Crippen MR) is 117 cm³/mol. The molecule has 0 aliphatic rings. The molecule has 2 aromatic carbocycles. The van der Waals surface area contributed by atoms with Gasteiger partial charge in [-0.1, -0.05) is 29.8 Å². The fraction of sp³-hybridized carbons (Fsp3) is 0.273. The van der Waals surface area contributed by atoms with Crippen LogP contribution in [0.2, 0.25) is 5.02 Å². The molecule has 0 aliphatic heterocycles. The summed E-state index contributed by atoms with van der Waals surface area (Å²) >= 11 is 7.63. The second kappa shape index (κ2) is 9.76. The molecule has 0 unspecified atom stereocenters. The molecule has 1 amide bonds. The maximum Gasteiger partial charge on any atom is 0.273 e. The Labute approximate surface area is 179 Å². The highest BCUT2D eigenvalue weighted by atomic mass is 35.5. The highest BCUT2D eigenvalue weighted by molar-refractivity contribution is 7.13. The molecule has 1 heterocycles. The number of hydrogen-bond donors (Lipinski definition) is 0. The van der Waals surface area contributed by atoms with Gasteiger partial charge >= 0.3 is 0 Å². The first-order chi connectivity index (χ1) is 14.1. The van der Waals surface area contributed by atoms with Crippen molar-refractivity contribution in [3.05, 3.63) is 64.1 Å². The van der Waals surface area contributed by atoms with Crippen LogP contribution in [0.3, 0.4) is 0 Å². The summed E-state index contributed by atoms with van der Waals surface area (Å²) in [5, 5.41) is 3.22. The normalized spacial score (nSPS) is 10.6. The van der Waals surface area contributed by atoms with E-state index >= 15 is 0 Å². The van der Waals surface area contributed by atoms with Crippen molar-refractivity contribution < 1.29 is 14.3 Å². The Morgan fingerprint density at radius 1 is 1.14 bits per heavy atom. The lowest BCUT2D eigenvalue weighted by Gasteiger charge is -2.16. The van der Waals surface area contributed by atoms with Crippen molar-refractivity contribution in [2.75, 3.05) is 20.2 Å². The summed E-state index contributed by atoms with van der Waals surface area (Å²) in [6, 6.07) is 13.2. The Balaban J connectivity index is 1.78. The van der Waals surface area contributed by atoms with Crippen molar-refractivity contribution in [3.63, 3.8) is 0 Å². The van der Waals surface area contributed by atoms with Crippen LogP contribution in [-0.4, -0.2) is 36.0 Å². The summed E-state index contributed by atoms with van der Waals surface area (Å²) < 4.78 is 11.4. The molecule has 0 radical (unpaired) electrons. The standard InChI is InChI=1S/C22H23ClN2O3S/c1-4-25(5-2)22(26)18-14-29-21(24-18)15-10-11-19(20(12-15)27-3)28-13-16-8-6-7-9-17(16)23/h6-12,14H,4-5,13H2,1-3H3. The molecular weight excluding hydrogens is 408 g/mol. The molecule has 0 fully saturated rings. The van der Waals surface area contributed by atoms with Gasteiger partial charge in [0.1, 0.15) is 17.3 Å². The van der Waals surface area contributed by atoms with Gasteiger partial charge in [0.25, 0.3) is 5.91 Å². The van der Waals surface area contributed by atoms with Gasteiger partial charge in [0.2, 0.25) is 0 Å². The predicted octanol–water partition coefficient (Wildman–Crippen LogP) is 5.53. The van der Waals surface area contributed by atoms with E-state index in [4.69, 9.17) is 21.1 Å². The quantitative estimate of drug-likeness (QED) is 0.471. The van der Waals surface area contributed by atoms with Crippen LogP contribution in [0.1, 0.15) is 29.9 Å². The van der Waals surface area contributed by atoms with Gasteiger partial charge in [-0.3, -0.25) is 4.79 Å². The third-order valence-electron chi connectivity index (χ3n) is 4.53. The fourth-order valence-electron chi connectivity index (χ4n) is 2.87. The number of amides is 1. The van der Waals surface area contributed by atoms with E-state index in [-0.39, 0.29) is 5.91 Å². The molecule has 7 heteroatoms. The molecule has 0 aliphatic carbocycles. The highest BCUT2D eigenvalue weighted by Crippen LogP contribution is 2.34. The lowest BCUT2D eigenvalue weighted by Crippen LogP contribution is -2.30. The van der Waals surface area contributed by atoms with Crippen molar-refractivity contribution in [3.8, 4) is 22.1 Å². The molecule has 0 bridgehead atoms. The molecule has 29 heavy (non-hydrogen) atoms. The summed E-state index contributed by atoms with van der Waals surface area (Å²) in [4.78, 5) is 18.8. The second-order valence-electron chi connectivity index (χ2n) is 6.26. The van der Waals surface area contributed by atoms with Crippen molar-refractivity contribution in [1.29, 1.82) is 0 Å². The summed E-state index contributed by atoms with van der Waals surface area (Å²) in [6.45, 7) is 5.58. The Morgan fingerprint density at radius 3 is 2.59 bits per heavy atom. The van der Waals surface area contributed by atoms with E-state index in [1.165, 1.54) is 11.3 Å². The Kier molecular flexibility index (Phi) is 7.12. The lowest BCUT2D eigenvalue weighted by atomic mass is 10.2. The molecule has 0 N–H and O–H groups in total. The van der Waals surface area contributed by atoms with Gasteiger partial charge in [-0.2, -0.15) is 0 Å². The number of carbonyl (C=O) groups is 1. The van der Waals surface area contributed by atoms with E-state index in [0.717, 1.165) is 16.1 Å². The molecule has 1 aromatic heterocycles. The first-order valence-corrected chi connectivity index (χ1v) is 10.6. The van der Waals surface area contributed by atoms with Crippen LogP contribution in [0, 0.1) is 0 Å². The van der Waals surface area contributed by atoms with Gasteiger partial charge in [-0.05, 0) is 38.1 Å². The van der Waals surface area contributed by atoms with Crippen molar-refractivity contribution in [2.24, 2.45) is 0 Å². The van der Waals surface area contributed by atoms with Crippen molar-refractivity contribution >= 4 is 28.8 Å². The van der Waals surface area contributed by atoms with Crippen LogP contribution in [0.15, 0.2) is 47.8 Å². The molecule has 0 atom stereocenters. The minimum atomic E-state index is -0.0517. The van der Waals surface area contributed by atoms with E-state index in [9.17, 15) is 4.79 Å². The number of hydrogen-bond acceptors (Lipinski definition) is 5. The number of benzene rings is 2. The third kappa shape index (κ3) is 4.89. The van der Waals surface area contributed by atoms with E-state index in [2.05, 4.69) is 4.98 Å². The second-order valence-corrected chi connectivity index (χ2v) is 7.53. The number of aromatic nitrogens is 1. The number of rotatable bonds is 8. The highest BCUT2D eigenvalue weighted by Gasteiger charge is 2.17. The van der Waals surface area contributed by atoms with Crippen LogP contribution in [0.4, 0.5) is 0 Å². The minimum Gasteiger partial charge on any atom is -0.493 e. The van der Waals surface area contributed by atoms with Crippen LogP contribution >= 0.6 is 22.9 Å². The molecule has 0 saturated carbocycles. The zero-order valence-electron chi connectivity index (χ0n) is 16.6. The molecule has 0 spiro atoms. The number of nitrogens with zero attached hydrogens (tertiary/aromatic N) is 2. The average molecular weight is 431 g/mol. The van der Waals surface area contributed by atoms with E-state index < -0.39 is 0 Å². The smallest absolute Gasteiger partial charge is 0.273 e. The molecule has 3 aromatic rings. The lowest BCUT2D eigenvalue weighted by molar-refractivity contribution is 0.0768. The Hall–Kier alpha value is -2.57. The Bertz CT molecular complexity index is 986. The zero-order chi connectivity index (χ0) is 20.8. The van der Waals surface area contributed by atoms with Gasteiger partial charge in [0.15, 0.2) is 11.5 Å². The maximum atomic E-state index is 12.5. The van der Waals surface area contributed by atoms with Crippen LogP contribution in [0.5, 0.6) is 11.5 Å². The van der Waals surface area contributed by atoms with Gasteiger partial charge in [0, 0.05) is 34.6 Å². The summed E-state index contributed by atoms with van der Waals surface area (Å²) in [6.07, 6.45) is 0. The first-order valence-electron chi connectivity index (χ1n) is 9.36. The number of halogens is 1. The molecule has 3 rings (SSSR count). The number of carbonyl (C=O) groups excluding carboxylic acids is 1. The molecular formula is C22H23ClN2O3S. The molecule has 5 nitrogen and oxygen atoms in total. The molecule has 0 saturated heterocycles. The van der Waals surface area contributed by atoms with Gasteiger partial charge in [-0.15, -0.1) is 11.3 Å². The van der Waals surface area contributed by atoms with E-state index in [1.807, 2.05) is 56.3 Å². The van der Waals surface area contributed by atoms with Gasteiger partial charge in [0.05, 0.1) is 7.11 Å². The number of methoxy groups -OCH3 is 1. The van der Waals surface area contributed by atoms with Crippen LogP contribution in [0.25, 0.3) is 10.6 Å². The first kappa shape index (κ1) is 21.1.